The summed E-state index contributed by atoms with van der Waals surface area (Å²) in [6.07, 6.45) is 1.76. The van der Waals surface area contributed by atoms with E-state index in [1.54, 1.807) is 24.3 Å². The van der Waals surface area contributed by atoms with E-state index in [4.69, 9.17) is 35.4 Å². The highest BCUT2D eigenvalue weighted by Gasteiger charge is 2.33. The van der Waals surface area contributed by atoms with Gasteiger partial charge in [0.1, 0.15) is 0 Å². The van der Waals surface area contributed by atoms with Gasteiger partial charge in [-0.05, 0) is 48.0 Å². The molecule has 0 atom stereocenters. The molecule has 0 aromatic heterocycles. The molecule has 1 amide bonds. The molecular weight excluding hydrogens is 437 g/mol. The largest absolute Gasteiger partial charge is 0.270 e. The fourth-order valence-corrected chi connectivity index (χ4v) is 3.90. The molecule has 3 rings (SSSR count). The third-order valence-electron chi connectivity index (χ3n) is 3.12. The molecule has 0 aliphatic carbocycles. The Balaban J connectivity index is 1.92. The Morgan fingerprint density at radius 2 is 1.78 bits per heavy atom. The van der Waals surface area contributed by atoms with Crippen LogP contribution in [0.4, 0.5) is 5.69 Å². The molecule has 23 heavy (non-hydrogen) atoms. The number of amides is 1. The molecule has 0 spiro atoms. The summed E-state index contributed by atoms with van der Waals surface area (Å²) in [4.78, 5) is 14.7. The van der Waals surface area contributed by atoms with Crippen LogP contribution < -0.4 is 4.90 Å². The van der Waals surface area contributed by atoms with Gasteiger partial charge in [0.25, 0.3) is 5.91 Å². The summed E-state index contributed by atoms with van der Waals surface area (Å²) in [7, 11) is 0. The number of rotatable bonds is 2. The number of carbonyl (C=O) groups is 1. The normalized spacial score (nSPS) is 16.5. The van der Waals surface area contributed by atoms with Crippen molar-refractivity contribution in [3.05, 3.63) is 67.5 Å². The lowest BCUT2D eigenvalue weighted by Gasteiger charge is -2.14. The monoisotopic (exact) mass is 443 g/mol. The molecule has 2 aromatic rings. The summed E-state index contributed by atoms with van der Waals surface area (Å²) in [5.41, 5.74) is 1.55. The van der Waals surface area contributed by atoms with E-state index < -0.39 is 0 Å². The van der Waals surface area contributed by atoms with Gasteiger partial charge in [-0.1, -0.05) is 69.2 Å². The highest BCUT2D eigenvalue weighted by atomic mass is 79.9. The summed E-state index contributed by atoms with van der Waals surface area (Å²) >= 11 is 21.9. The van der Waals surface area contributed by atoms with Gasteiger partial charge >= 0.3 is 0 Å². The molecule has 1 aliphatic heterocycles. The first kappa shape index (κ1) is 17.0. The minimum absolute atomic E-state index is 0.145. The first-order valence-corrected chi connectivity index (χ1v) is 9.21. The summed E-state index contributed by atoms with van der Waals surface area (Å²) < 4.78 is 1.45. The van der Waals surface area contributed by atoms with Crippen LogP contribution >= 0.6 is 63.1 Å². The van der Waals surface area contributed by atoms with Crippen molar-refractivity contribution >= 4 is 85.1 Å². The van der Waals surface area contributed by atoms with E-state index in [0.717, 1.165) is 15.7 Å². The zero-order valence-corrected chi connectivity index (χ0v) is 16.2. The molecule has 2 nitrogen and oxygen atoms in total. The molecule has 1 saturated heterocycles. The molecule has 1 heterocycles. The second-order valence-electron chi connectivity index (χ2n) is 4.67. The topological polar surface area (TPSA) is 20.3 Å². The van der Waals surface area contributed by atoms with Crippen molar-refractivity contribution in [3.63, 3.8) is 0 Å². The SMILES string of the molecule is O=C1/C(=C/c2ccc(Cl)c(Cl)c2)SC(=S)N1c1ccc(Br)cc1. The highest BCUT2D eigenvalue weighted by molar-refractivity contribution is 9.10. The Morgan fingerprint density at radius 3 is 2.43 bits per heavy atom. The van der Waals surface area contributed by atoms with Gasteiger partial charge in [0.05, 0.1) is 20.6 Å². The van der Waals surface area contributed by atoms with E-state index in [0.29, 0.717) is 19.3 Å². The van der Waals surface area contributed by atoms with Gasteiger partial charge in [0.2, 0.25) is 0 Å². The molecule has 0 N–H and O–H groups in total. The number of thioether (sulfide) groups is 1. The Kier molecular flexibility index (Phi) is 5.13. The standard InChI is InChI=1S/C16H8BrCl2NOS2/c17-10-2-4-11(5-3-10)20-15(21)14(23-16(20)22)8-9-1-6-12(18)13(19)7-9/h1-8H/b14-8-. The van der Waals surface area contributed by atoms with Crippen molar-refractivity contribution in [2.75, 3.05) is 4.90 Å². The Bertz CT molecular complexity index is 836. The average Bonchev–Trinajstić information content (AvgIpc) is 2.79. The summed E-state index contributed by atoms with van der Waals surface area (Å²) in [6, 6.07) is 12.7. The van der Waals surface area contributed by atoms with Gasteiger partial charge in [-0.3, -0.25) is 9.69 Å². The van der Waals surface area contributed by atoms with E-state index >= 15 is 0 Å². The smallest absolute Gasteiger partial charge is 0.268 e. The van der Waals surface area contributed by atoms with Gasteiger partial charge in [-0.2, -0.15) is 0 Å². The molecule has 2 aromatic carbocycles. The minimum Gasteiger partial charge on any atom is -0.268 e. The van der Waals surface area contributed by atoms with Crippen LogP contribution in [-0.4, -0.2) is 10.2 Å². The number of halogens is 3. The molecule has 0 saturated carbocycles. The van der Waals surface area contributed by atoms with Crippen LogP contribution in [0.3, 0.4) is 0 Å². The fourth-order valence-electron chi connectivity index (χ4n) is 2.03. The lowest BCUT2D eigenvalue weighted by atomic mass is 10.2. The lowest BCUT2D eigenvalue weighted by Crippen LogP contribution is -2.27. The Morgan fingerprint density at radius 1 is 1.09 bits per heavy atom. The zero-order chi connectivity index (χ0) is 16.6. The summed E-state index contributed by atoms with van der Waals surface area (Å²) in [5, 5.41) is 0.926. The van der Waals surface area contributed by atoms with E-state index in [9.17, 15) is 4.79 Å². The second-order valence-corrected chi connectivity index (χ2v) is 8.07. The van der Waals surface area contributed by atoms with Crippen molar-refractivity contribution in [1.29, 1.82) is 0 Å². The zero-order valence-electron chi connectivity index (χ0n) is 11.4. The first-order valence-electron chi connectivity index (χ1n) is 6.44. The van der Waals surface area contributed by atoms with Crippen LogP contribution in [0.5, 0.6) is 0 Å². The first-order chi connectivity index (χ1) is 11.0. The fraction of sp³-hybridized carbons (Fsp3) is 0. The van der Waals surface area contributed by atoms with Gasteiger partial charge in [0.15, 0.2) is 4.32 Å². The Labute approximate surface area is 161 Å². The van der Waals surface area contributed by atoms with Crippen LogP contribution in [0.25, 0.3) is 6.08 Å². The molecule has 1 fully saturated rings. The van der Waals surface area contributed by atoms with Crippen molar-refractivity contribution in [2.24, 2.45) is 0 Å². The summed E-state index contributed by atoms with van der Waals surface area (Å²) in [6.45, 7) is 0. The average molecular weight is 445 g/mol. The van der Waals surface area contributed by atoms with E-state index in [1.165, 1.54) is 16.7 Å². The van der Waals surface area contributed by atoms with Crippen LogP contribution in [0.15, 0.2) is 51.8 Å². The number of carbonyl (C=O) groups excluding carboxylic acids is 1. The molecule has 7 heteroatoms. The molecule has 0 radical (unpaired) electrons. The minimum atomic E-state index is -0.145. The van der Waals surface area contributed by atoms with Gasteiger partial charge in [-0.15, -0.1) is 0 Å². The number of anilines is 1. The maximum Gasteiger partial charge on any atom is 0.270 e. The van der Waals surface area contributed by atoms with E-state index in [-0.39, 0.29) is 5.91 Å². The molecule has 0 bridgehead atoms. The molecular formula is C16H8BrCl2NOS2. The number of thiocarbonyl (C=S) groups is 1. The maximum absolute atomic E-state index is 12.6. The van der Waals surface area contributed by atoms with Gasteiger partial charge in [-0.25, -0.2) is 0 Å². The summed E-state index contributed by atoms with van der Waals surface area (Å²) in [5.74, 6) is -0.145. The van der Waals surface area contributed by atoms with Crippen LogP contribution in [-0.2, 0) is 4.79 Å². The quantitative estimate of drug-likeness (QED) is 0.408. The van der Waals surface area contributed by atoms with E-state index in [2.05, 4.69) is 15.9 Å². The Hall–Kier alpha value is -0.850. The van der Waals surface area contributed by atoms with Crippen LogP contribution in [0.2, 0.25) is 10.0 Å². The maximum atomic E-state index is 12.6. The van der Waals surface area contributed by atoms with Crippen molar-refractivity contribution < 1.29 is 4.79 Å². The van der Waals surface area contributed by atoms with Crippen molar-refractivity contribution in [3.8, 4) is 0 Å². The number of hydrogen-bond donors (Lipinski definition) is 0. The van der Waals surface area contributed by atoms with Crippen molar-refractivity contribution in [1.82, 2.24) is 0 Å². The van der Waals surface area contributed by atoms with E-state index in [1.807, 2.05) is 24.3 Å². The van der Waals surface area contributed by atoms with Crippen LogP contribution in [0.1, 0.15) is 5.56 Å². The third-order valence-corrected chi connectivity index (χ3v) is 5.69. The molecule has 1 aliphatic rings. The third kappa shape index (κ3) is 3.64. The van der Waals surface area contributed by atoms with Crippen molar-refractivity contribution in [2.45, 2.75) is 0 Å². The molecule has 116 valence electrons. The van der Waals surface area contributed by atoms with Crippen LogP contribution in [0, 0.1) is 0 Å². The van der Waals surface area contributed by atoms with Gasteiger partial charge in [0, 0.05) is 4.47 Å². The lowest BCUT2D eigenvalue weighted by molar-refractivity contribution is -0.113. The predicted octanol–water partition coefficient (Wildman–Crippen LogP) is 6.16. The number of nitrogens with zero attached hydrogens (tertiary/aromatic N) is 1. The number of benzene rings is 2. The predicted molar refractivity (Wildman–Crippen MR) is 106 cm³/mol. The number of hydrogen-bond acceptors (Lipinski definition) is 3. The highest BCUT2D eigenvalue weighted by Crippen LogP contribution is 2.36. The van der Waals surface area contributed by atoms with Gasteiger partial charge < -0.3 is 0 Å². The second kappa shape index (κ2) is 6.95. The molecule has 0 unspecified atom stereocenters.